The lowest BCUT2D eigenvalue weighted by molar-refractivity contribution is -0.162. The molecule has 3 amide bonds. The number of nitrogens with zero attached hydrogens (tertiary/aromatic N) is 2. The van der Waals surface area contributed by atoms with E-state index in [1.807, 2.05) is 0 Å². The summed E-state index contributed by atoms with van der Waals surface area (Å²) in [5, 5.41) is 0. The molecule has 1 aromatic carbocycles. The second-order valence-corrected chi connectivity index (χ2v) is 5.32. The predicted octanol–water partition coefficient (Wildman–Crippen LogP) is 2.25. The van der Waals surface area contributed by atoms with Crippen molar-refractivity contribution in [1.82, 2.24) is 9.80 Å². The van der Waals surface area contributed by atoms with E-state index in [1.165, 1.54) is 19.1 Å². The van der Waals surface area contributed by atoms with Gasteiger partial charge in [0.05, 0.1) is 11.1 Å². The van der Waals surface area contributed by atoms with Crippen LogP contribution in [0.3, 0.4) is 0 Å². The first-order chi connectivity index (χ1) is 11.2. The van der Waals surface area contributed by atoms with Crippen molar-refractivity contribution in [3.05, 3.63) is 48.0 Å². The number of fused-ring (bicyclic) bond motifs is 1. The van der Waals surface area contributed by atoms with Crippen molar-refractivity contribution < 1.29 is 27.6 Å². The standard InChI is InChI=1S/C16H15F3N2O3/c1-3-8-20(9-16(17,18)19)13(22)10(2)21-14(23)11-6-4-5-7-12(11)15(21)24/h3-7,10H,1,8-9H2,2H3. The van der Waals surface area contributed by atoms with Crippen molar-refractivity contribution in [2.75, 3.05) is 13.1 Å². The van der Waals surface area contributed by atoms with Crippen LogP contribution in [-0.4, -0.2) is 52.8 Å². The van der Waals surface area contributed by atoms with Crippen LogP contribution < -0.4 is 0 Å². The number of hydrogen-bond donors (Lipinski definition) is 0. The Morgan fingerprint density at radius 2 is 1.75 bits per heavy atom. The number of imide groups is 1. The number of carbonyl (C=O) groups excluding carboxylic acids is 3. The Morgan fingerprint density at radius 1 is 1.25 bits per heavy atom. The molecule has 5 nitrogen and oxygen atoms in total. The van der Waals surface area contributed by atoms with Gasteiger partial charge in [-0.05, 0) is 19.1 Å². The van der Waals surface area contributed by atoms with Crippen molar-refractivity contribution in [3.63, 3.8) is 0 Å². The molecule has 0 spiro atoms. The normalized spacial score (nSPS) is 15.2. The van der Waals surface area contributed by atoms with Gasteiger partial charge >= 0.3 is 6.18 Å². The van der Waals surface area contributed by atoms with Gasteiger partial charge < -0.3 is 4.90 Å². The average molecular weight is 340 g/mol. The molecule has 0 radical (unpaired) electrons. The highest BCUT2D eigenvalue weighted by Gasteiger charge is 2.43. The largest absolute Gasteiger partial charge is 0.406 e. The van der Waals surface area contributed by atoms with Gasteiger partial charge in [-0.1, -0.05) is 18.2 Å². The summed E-state index contributed by atoms with van der Waals surface area (Å²) in [4.78, 5) is 38.2. The van der Waals surface area contributed by atoms with Crippen molar-refractivity contribution in [3.8, 4) is 0 Å². The molecule has 0 saturated carbocycles. The molecular formula is C16H15F3N2O3. The first-order valence-corrected chi connectivity index (χ1v) is 7.10. The molecule has 0 N–H and O–H groups in total. The molecule has 24 heavy (non-hydrogen) atoms. The molecule has 2 rings (SSSR count). The van der Waals surface area contributed by atoms with Crippen LogP contribution in [0.1, 0.15) is 27.6 Å². The molecule has 128 valence electrons. The van der Waals surface area contributed by atoms with Gasteiger partial charge in [0.1, 0.15) is 12.6 Å². The Bertz CT molecular complexity index is 665. The zero-order valence-corrected chi connectivity index (χ0v) is 12.8. The maximum Gasteiger partial charge on any atom is 0.406 e. The Morgan fingerprint density at radius 3 is 2.17 bits per heavy atom. The van der Waals surface area contributed by atoms with Gasteiger partial charge in [0.15, 0.2) is 0 Å². The summed E-state index contributed by atoms with van der Waals surface area (Å²) in [7, 11) is 0. The van der Waals surface area contributed by atoms with Gasteiger partial charge in [0.2, 0.25) is 5.91 Å². The maximum atomic E-state index is 12.6. The Balaban J connectivity index is 2.26. The molecule has 0 fully saturated rings. The molecule has 0 saturated heterocycles. The molecule has 1 aliphatic heterocycles. The molecule has 1 unspecified atom stereocenters. The van der Waals surface area contributed by atoms with E-state index in [0.717, 1.165) is 6.08 Å². The summed E-state index contributed by atoms with van der Waals surface area (Å²) in [5.74, 6) is -2.36. The van der Waals surface area contributed by atoms with Crippen LogP contribution in [0.15, 0.2) is 36.9 Å². The third-order valence-corrected chi connectivity index (χ3v) is 3.60. The van der Waals surface area contributed by atoms with Crippen LogP contribution in [0.2, 0.25) is 0 Å². The molecule has 1 heterocycles. The van der Waals surface area contributed by atoms with Crippen molar-refractivity contribution in [2.24, 2.45) is 0 Å². The fourth-order valence-electron chi connectivity index (χ4n) is 2.54. The van der Waals surface area contributed by atoms with Gasteiger partial charge in [-0.3, -0.25) is 19.3 Å². The van der Waals surface area contributed by atoms with Gasteiger partial charge in [-0.25, -0.2) is 0 Å². The number of benzene rings is 1. The van der Waals surface area contributed by atoms with Crippen LogP contribution in [0.5, 0.6) is 0 Å². The molecule has 1 atom stereocenters. The predicted molar refractivity (Wildman–Crippen MR) is 79.2 cm³/mol. The highest BCUT2D eigenvalue weighted by Crippen LogP contribution is 2.26. The fourth-order valence-corrected chi connectivity index (χ4v) is 2.54. The molecular weight excluding hydrogens is 325 g/mol. The van der Waals surface area contributed by atoms with E-state index < -0.39 is 36.5 Å². The van der Waals surface area contributed by atoms with Gasteiger partial charge in [0, 0.05) is 6.54 Å². The van der Waals surface area contributed by atoms with E-state index in [4.69, 9.17) is 0 Å². The van der Waals surface area contributed by atoms with Gasteiger partial charge in [0.25, 0.3) is 11.8 Å². The summed E-state index contributed by atoms with van der Waals surface area (Å²) in [6, 6.07) is 4.65. The van der Waals surface area contributed by atoms with Crippen molar-refractivity contribution in [1.29, 1.82) is 0 Å². The van der Waals surface area contributed by atoms with E-state index in [2.05, 4.69) is 6.58 Å². The number of hydrogen-bond acceptors (Lipinski definition) is 3. The Hall–Kier alpha value is -2.64. The Kier molecular flexibility index (Phi) is 4.77. The van der Waals surface area contributed by atoms with E-state index >= 15 is 0 Å². The minimum atomic E-state index is -4.60. The SMILES string of the molecule is C=CCN(CC(F)(F)F)C(=O)C(C)N1C(=O)c2ccccc2C1=O. The molecule has 0 aromatic heterocycles. The topological polar surface area (TPSA) is 57.7 Å². The lowest BCUT2D eigenvalue weighted by Gasteiger charge is -2.29. The molecule has 0 bridgehead atoms. The highest BCUT2D eigenvalue weighted by molar-refractivity contribution is 6.22. The van der Waals surface area contributed by atoms with E-state index in [-0.39, 0.29) is 17.7 Å². The Labute approximate surface area is 136 Å². The summed E-state index contributed by atoms with van der Waals surface area (Å²) in [6.45, 7) is 2.73. The summed E-state index contributed by atoms with van der Waals surface area (Å²) >= 11 is 0. The zero-order chi connectivity index (χ0) is 18.1. The smallest absolute Gasteiger partial charge is 0.328 e. The summed E-state index contributed by atoms with van der Waals surface area (Å²) < 4.78 is 37.9. The van der Waals surface area contributed by atoms with Crippen LogP contribution in [0.25, 0.3) is 0 Å². The second-order valence-electron chi connectivity index (χ2n) is 5.32. The minimum absolute atomic E-state index is 0.133. The van der Waals surface area contributed by atoms with Crippen LogP contribution in [0.4, 0.5) is 13.2 Å². The van der Waals surface area contributed by atoms with E-state index in [0.29, 0.717) is 9.80 Å². The van der Waals surface area contributed by atoms with Crippen LogP contribution in [0, 0.1) is 0 Å². The lowest BCUT2D eigenvalue weighted by Crippen LogP contribution is -2.51. The second kappa shape index (κ2) is 6.46. The van der Waals surface area contributed by atoms with E-state index in [1.54, 1.807) is 12.1 Å². The fraction of sp³-hybridized carbons (Fsp3) is 0.312. The van der Waals surface area contributed by atoms with E-state index in [9.17, 15) is 27.6 Å². The zero-order valence-electron chi connectivity index (χ0n) is 12.8. The van der Waals surface area contributed by atoms with Crippen LogP contribution >= 0.6 is 0 Å². The molecule has 8 heteroatoms. The van der Waals surface area contributed by atoms with Gasteiger partial charge in [-0.15, -0.1) is 6.58 Å². The maximum absolute atomic E-state index is 12.6. The molecule has 0 aliphatic carbocycles. The summed E-state index contributed by atoms with van der Waals surface area (Å²) in [6.07, 6.45) is -3.45. The lowest BCUT2D eigenvalue weighted by atomic mass is 10.1. The minimum Gasteiger partial charge on any atom is -0.328 e. The number of carbonyl (C=O) groups is 3. The first-order valence-electron chi connectivity index (χ1n) is 7.10. The molecule has 1 aromatic rings. The number of rotatable bonds is 5. The summed E-state index contributed by atoms with van der Waals surface area (Å²) in [5.41, 5.74) is 0.265. The quantitative estimate of drug-likeness (QED) is 0.610. The number of amides is 3. The first kappa shape index (κ1) is 17.7. The van der Waals surface area contributed by atoms with Gasteiger partial charge in [-0.2, -0.15) is 13.2 Å². The number of alkyl halides is 3. The molecule has 1 aliphatic rings. The third kappa shape index (κ3) is 3.32. The number of halogens is 3. The highest BCUT2D eigenvalue weighted by atomic mass is 19.4. The monoisotopic (exact) mass is 340 g/mol. The van der Waals surface area contributed by atoms with Crippen molar-refractivity contribution >= 4 is 17.7 Å². The van der Waals surface area contributed by atoms with Crippen LogP contribution in [-0.2, 0) is 4.79 Å². The third-order valence-electron chi connectivity index (χ3n) is 3.60. The average Bonchev–Trinajstić information content (AvgIpc) is 2.76. The van der Waals surface area contributed by atoms with Crippen molar-refractivity contribution in [2.45, 2.75) is 19.1 Å².